The summed E-state index contributed by atoms with van der Waals surface area (Å²) in [5.74, 6) is -1.24. The number of ether oxygens (including phenoxy) is 1. The number of aromatic nitrogens is 1. The van der Waals surface area contributed by atoms with Crippen molar-refractivity contribution in [3.8, 4) is 5.75 Å². The van der Waals surface area contributed by atoms with Crippen LogP contribution >= 0.6 is 0 Å². The average Bonchev–Trinajstić information content (AvgIpc) is 2.61. The molecule has 1 heterocycles. The average molecular weight is 372 g/mol. The summed E-state index contributed by atoms with van der Waals surface area (Å²) in [7, 11) is 1.54. The standard InChI is InChI=1S/C20H18F2N2O3/c1-11(16-5-3-14(21)10-17(16)22)23-19(25)9-13-7-12-8-15(27-2)4-6-18(12)24-20(13)26/h3-8,10-11H,9H2,1-2H3,(H,23,25)(H,24,26)/t11-/m0/s1. The Morgan fingerprint density at radius 2 is 1.96 bits per heavy atom. The number of pyridine rings is 1. The van der Waals surface area contributed by atoms with Gasteiger partial charge in [0.05, 0.1) is 19.6 Å². The Kier molecular flexibility index (Phi) is 5.21. The lowest BCUT2D eigenvalue weighted by Crippen LogP contribution is -2.30. The van der Waals surface area contributed by atoms with Crippen LogP contribution in [0.3, 0.4) is 0 Å². The first kappa shape index (κ1) is 18.6. The maximum absolute atomic E-state index is 13.8. The molecule has 2 N–H and O–H groups in total. The van der Waals surface area contributed by atoms with Crippen molar-refractivity contribution < 1.29 is 18.3 Å². The van der Waals surface area contributed by atoms with Crippen LogP contribution in [0.1, 0.15) is 24.1 Å². The zero-order valence-electron chi connectivity index (χ0n) is 14.8. The molecule has 0 spiro atoms. The van der Waals surface area contributed by atoms with E-state index in [-0.39, 0.29) is 23.1 Å². The molecule has 0 saturated heterocycles. The number of methoxy groups -OCH3 is 1. The van der Waals surface area contributed by atoms with Crippen molar-refractivity contribution in [3.63, 3.8) is 0 Å². The summed E-state index contributed by atoms with van der Waals surface area (Å²) in [6.07, 6.45) is -0.171. The third kappa shape index (κ3) is 4.13. The van der Waals surface area contributed by atoms with E-state index in [0.717, 1.165) is 17.5 Å². The summed E-state index contributed by atoms with van der Waals surface area (Å²) in [5, 5.41) is 3.35. The third-order valence-electron chi connectivity index (χ3n) is 4.29. The van der Waals surface area contributed by atoms with Gasteiger partial charge in [0.25, 0.3) is 5.56 Å². The van der Waals surface area contributed by atoms with Crippen LogP contribution in [0.2, 0.25) is 0 Å². The largest absolute Gasteiger partial charge is 0.497 e. The molecule has 5 nitrogen and oxygen atoms in total. The molecule has 3 rings (SSSR count). The minimum Gasteiger partial charge on any atom is -0.497 e. The molecule has 2 aromatic carbocycles. The summed E-state index contributed by atoms with van der Waals surface area (Å²) in [5.41, 5.74) is 0.706. The lowest BCUT2D eigenvalue weighted by molar-refractivity contribution is -0.121. The normalized spacial score (nSPS) is 12.0. The van der Waals surface area contributed by atoms with E-state index in [2.05, 4.69) is 10.3 Å². The van der Waals surface area contributed by atoms with Crippen molar-refractivity contribution in [3.05, 3.63) is 75.6 Å². The summed E-state index contributed by atoms with van der Waals surface area (Å²) in [4.78, 5) is 27.2. The highest BCUT2D eigenvalue weighted by molar-refractivity contribution is 5.83. The van der Waals surface area contributed by atoms with Crippen molar-refractivity contribution in [1.82, 2.24) is 10.3 Å². The van der Waals surface area contributed by atoms with E-state index in [1.807, 2.05) is 0 Å². The molecule has 1 amide bonds. The molecule has 0 fully saturated rings. The molecule has 7 heteroatoms. The number of aromatic amines is 1. The lowest BCUT2D eigenvalue weighted by Gasteiger charge is -2.15. The maximum atomic E-state index is 13.8. The van der Waals surface area contributed by atoms with Gasteiger partial charge in [-0.1, -0.05) is 6.07 Å². The molecule has 3 aromatic rings. The number of carbonyl (C=O) groups is 1. The zero-order valence-corrected chi connectivity index (χ0v) is 14.8. The number of fused-ring (bicyclic) bond motifs is 1. The number of hydrogen-bond acceptors (Lipinski definition) is 3. The Balaban J connectivity index is 1.78. The highest BCUT2D eigenvalue weighted by Gasteiger charge is 2.16. The fraction of sp³-hybridized carbons (Fsp3) is 0.200. The quantitative estimate of drug-likeness (QED) is 0.722. The topological polar surface area (TPSA) is 71.2 Å². The monoisotopic (exact) mass is 372 g/mol. The third-order valence-corrected chi connectivity index (χ3v) is 4.29. The Bertz CT molecular complexity index is 1060. The molecule has 0 aliphatic rings. The molecule has 0 saturated carbocycles. The van der Waals surface area contributed by atoms with Gasteiger partial charge < -0.3 is 15.0 Å². The first-order valence-electron chi connectivity index (χ1n) is 8.31. The highest BCUT2D eigenvalue weighted by Crippen LogP contribution is 2.20. The van der Waals surface area contributed by atoms with Crippen LogP contribution in [-0.4, -0.2) is 18.0 Å². The Hall–Kier alpha value is -3.22. The first-order chi connectivity index (χ1) is 12.9. The highest BCUT2D eigenvalue weighted by atomic mass is 19.1. The van der Waals surface area contributed by atoms with Crippen molar-refractivity contribution in [2.45, 2.75) is 19.4 Å². The van der Waals surface area contributed by atoms with Crippen molar-refractivity contribution >= 4 is 16.8 Å². The van der Waals surface area contributed by atoms with E-state index in [9.17, 15) is 18.4 Å². The summed E-state index contributed by atoms with van der Waals surface area (Å²) in [6, 6.07) is 9.33. The second-order valence-corrected chi connectivity index (χ2v) is 6.21. The van der Waals surface area contributed by atoms with Gasteiger partial charge in [-0.3, -0.25) is 9.59 Å². The van der Waals surface area contributed by atoms with Crippen LogP contribution in [0.15, 0.2) is 47.3 Å². The van der Waals surface area contributed by atoms with Gasteiger partial charge in [-0.05, 0) is 37.3 Å². The van der Waals surface area contributed by atoms with Gasteiger partial charge in [-0.25, -0.2) is 8.78 Å². The van der Waals surface area contributed by atoms with Gasteiger partial charge >= 0.3 is 0 Å². The predicted octanol–water partition coefficient (Wildman–Crippen LogP) is 3.23. The Labute approximate surface area is 154 Å². The van der Waals surface area contributed by atoms with Gasteiger partial charge in [-0.2, -0.15) is 0 Å². The number of amides is 1. The number of rotatable bonds is 5. The SMILES string of the molecule is COc1ccc2[nH]c(=O)c(CC(=O)N[C@@H](C)c3ccc(F)cc3F)cc2c1. The number of hydrogen-bond donors (Lipinski definition) is 2. The first-order valence-corrected chi connectivity index (χ1v) is 8.31. The molecular formula is C20H18F2N2O3. The number of H-pyrrole nitrogens is 1. The fourth-order valence-corrected chi connectivity index (χ4v) is 2.88. The van der Waals surface area contributed by atoms with Gasteiger partial charge in [0.2, 0.25) is 5.91 Å². The van der Waals surface area contributed by atoms with Gasteiger partial charge in [-0.15, -0.1) is 0 Å². The molecule has 27 heavy (non-hydrogen) atoms. The van der Waals surface area contributed by atoms with Crippen molar-refractivity contribution in [2.24, 2.45) is 0 Å². The van der Waals surface area contributed by atoms with Crippen LogP contribution in [0.4, 0.5) is 8.78 Å². The van der Waals surface area contributed by atoms with E-state index in [0.29, 0.717) is 11.3 Å². The van der Waals surface area contributed by atoms with Crippen LogP contribution in [0.25, 0.3) is 10.9 Å². The Morgan fingerprint density at radius 1 is 1.19 bits per heavy atom. The van der Waals surface area contributed by atoms with Gasteiger partial charge in [0, 0.05) is 28.1 Å². The number of benzene rings is 2. The van der Waals surface area contributed by atoms with Crippen LogP contribution in [0.5, 0.6) is 5.75 Å². The van der Waals surface area contributed by atoms with Crippen LogP contribution in [-0.2, 0) is 11.2 Å². The van der Waals surface area contributed by atoms with Crippen molar-refractivity contribution in [2.75, 3.05) is 7.11 Å². The molecular weight excluding hydrogens is 354 g/mol. The van der Waals surface area contributed by atoms with Crippen molar-refractivity contribution in [1.29, 1.82) is 0 Å². The summed E-state index contributed by atoms with van der Waals surface area (Å²) in [6.45, 7) is 1.59. The second kappa shape index (κ2) is 7.57. The van der Waals surface area contributed by atoms with E-state index >= 15 is 0 Å². The summed E-state index contributed by atoms with van der Waals surface area (Å²) < 4.78 is 32.0. The van der Waals surface area contributed by atoms with E-state index in [1.54, 1.807) is 31.2 Å². The molecule has 1 atom stereocenters. The maximum Gasteiger partial charge on any atom is 0.252 e. The minimum absolute atomic E-state index is 0.168. The van der Waals surface area contributed by atoms with Crippen LogP contribution < -0.4 is 15.6 Å². The molecule has 140 valence electrons. The zero-order chi connectivity index (χ0) is 19.6. The minimum atomic E-state index is -0.738. The van der Waals surface area contributed by atoms with Gasteiger partial charge in [0.15, 0.2) is 0 Å². The smallest absolute Gasteiger partial charge is 0.252 e. The molecule has 0 aliphatic heterocycles. The summed E-state index contributed by atoms with van der Waals surface area (Å²) >= 11 is 0. The fourth-order valence-electron chi connectivity index (χ4n) is 2.88. The Morgan fingerprint density at radius 3 is 2.67 bits per heavy atom. The number of nitrogens with one attached hydrogen (secondary N) is 2. The van der Waals surface area contributed by atoms with E-state index < -0.39 is 23.6 Å². The lowest BCUT2D eigenvalue weighted by atomic mass is 10.1. The molecule has 0 bridgehead atoms. The van der Waals surface area contributed by atoms with E-state index in [4.69, 9.17) is 4.74 Å². The number of carbonyl (C=O) groups excluding carboxylic acids is 1. The van der Waals surface area contributed by atoms with Crippen LogP contribution in [0, 0.1) is 11.6 Å². The van der Waals surface area contributed by atoms with Gasteiger partial charge in [0.1, 0.15) is 17.4 Å². The predicted molar refractivity (Wildman–Crippen MR) is 97.7 cm³/mol. The number of halogens is 2. The molecule has 0 aliphatic carbocycles. The second-order valence-electron chi connectivity index (χ2n) is 6.21. The van der Waals surface area contributed by atoms with E-state index in [1.165, 1.54) is 13.2 Å². The molecule has 1 aromatic heterocycles. The molecule has 0 unspecified atom stereocenters. The molecule has 0 radical (unpaired) electrons.